The Morgan fingerprint density at radius 1 is 0.488 bits per heavy atom. The predicted molar refractivity (Wildman–Crippen MR) is 170 cm³/mol. The lowest BCUT2D eigenvalue weighted by atomic mass is 10.0. The van der Waals surface area contributed by atoms with Crippen LogP contribution in [0, 0.1) is 0 Å². The Morgan fingerprint density at radius 2 is 1.20 bits per heavy atom. The number of fused-ring (bicyclic) bond motifs is 8. The summed E-state index contributed by atoms with van der Waals surface area (Å²) in [7, 11) is 0. The molecule has 0 radical (unpaired) electrons. The van der Waals surface area contributed by atoms with Gasteiger partial charge in [0, 0.05) is 27.9 Å². The van der Waals surface area contributed by atoms with Crippen LogP contribution in [-0.4, -0.2) is 19.5 Å². The average Bonchev–Trinajstić information content (AvgIpc) is 3.36. The number of nitrogens with zero attached hydrogens (tertiary/aromatic N) is 4. The van der Waals surface area contributed by atoms with Crippen molar-refractivity contribution in [1.29, 1.82) is 0 Å². The Kier molecular flexibility index (Phi) is 4.58. The van der Waals surface area contributed by atoms with Gasteiger partial charge in [0.05, 0.1) is 16.6 Å². The molecule has 0 N–H and O–H groups in total. The molecule has 0 spiro atoms. The molecule has 0 saturated carbocycles. The molecule has 0 aliphatic heterocycles. The van der Waals surface area contributed by atoms with Crippen LogP contribution in [0.2, 0.25) is 0 Å². The highest BCUT2D eigenvalue weighted by Gasteiger charge is 2.20. The van der Waals surface area contributed by atoms with Gasteiger partial charge in [0.1, 0.15) is 11.2 Å². The van der Waals surface area contributed by atoms with Crippen molar-refractivity contribution >= 4 is 65.2 Å². The molecule has 0 aliphatic rings. The van der Waals surface area contributed by atoms with E-state index in [4.69, 9.17) is 15.0 Å². The van der Waals surface area contributed by atoms with Gasteiger partial charge < -0.3 is 0 Å². The highest BCUT2D eigenvalue weighted by Crippen LogP contribution is 2.38. The van der Waals surface area contributed by atoms with Crippen LogP contribution in [-0.2, 0) is 0 Å². The first-order chi connectivity index (χ1) is 20.3. The Balaban J connectivity index is 1.44. The van der Waals surface area contributed by atoms with Gasteiger partial charge in [-0.3, -0.25) is 9.55 Å². The molecule has 4 heteroatoms. The molecule has 4 nitrogen and oxygen atoms in total. The normalized spacial score (nSPS) is 11.9. The third-order valence-electron chi connectivity index (χ3n) is 8.19. The van der Waals surface area contributed by atoms with E-state index in [1.54, 1.807) is 0 Å². The summed E-state index contributed by atoms with van der Waals surface area (Å²) >= 11 is 0. The molecule has 0 amide bonds. The van der Waals surface area contributed by atoms with Crippen LogP contribution in [0.1, 0.15) is 0 Å². The van der Waals surface area contributed by atoms with Crippen LogP contribution in [0.5, 0.6) is 0 Å². The lowest BCUT2D eigenvalue weighted by molar-refractivity contribution is 1.01. The van der Waals surface area contributed by atoms with E-state index in [9.17, 15) is 0 Å². The molecule has 9 rings (SSSR count). The van der Waals surface area contributed by atoms with Gasteiger partial charge in [-0.25, -0.2) is 9.97 Å². The second-order valence-electron chi connectivity index (χ2n) is 10.5. The van der Waals surface area contributed by atoms with E-state index in [-0.39, 0.29) is 0 Å². The molecule has 0 atom stereocenters. The smallest absolute Gasteiger partial charge is 0.235 e. The highest BCUT2D eigenvalue weighted by atomic mass is 15.2. The van der Waals surface area contributed by atoms with E-state index in [1.165, 1.54) is 43.1 Å². The number of pyridine rings is 1. The van der Waals surface area contributed by atoms with Crippen LogP contribution in [0.3, 0.4) is 0 Å². The molecule has 0 saturated heterocycles. The van der Waals surface area contributed by atoms with Gasteiger partial charge in [-0.2, -0.15) is 0 Å². The Morgan fingerprint density at radius 3 is 2.05 bits per heavy atom. The maximum atomic E-state index is 5.30. The van der Waals surface area contributed by atoms with Gasteiger partial charge in [-0.1, -0.05) is 97.1 Å². The van der Waals surface area contributed by atoms with Crippen molar-refractivity contribution in [2.75, 3.05) is 0 Å². The van der Waals surface area contributed by atoms with Gasteiger partial charge >= 0.3 is 0 Å². The third-order valence-corrected chi connectivity index (χ3v) is 8.19. The monoisotopic (exact) mass is 522 g/mol. The summed E-state index contributed by atoms with van der Waals surface area (Å²) in [6.07, 6.45) is 1.82. The lowest BCUT2D eigenvalue weighted by Gasteiger charge is -2.12. The minimum atomic E-state index is 0.639. The summed E-state index contributed by atoms with van der Waals surface area (Å²) in [5.41, 5.74) is 5.66. The zero-order chi connectivity index (χ0) is 26.9. The van der Waals surface area contributed by atoms with Crippen LogP contribution < -0.4 is 0 Å². The van der Waals surface area contributed by atoms with Gasteiger partial charge in [0.15, 0.2) is 0 Å². The van der Waals surface area contributed by atoms with Gasteiger partial charge in [-0.05, 0) is 57.3 Å². The maximum Gasteiger partial charge on any atom is 0.235 e. The second kappa shape index (κ2) is 8.44. The van der Waals surface area contributed by atoms with E-state index in [1.807, 2.05) is 18.3 Å². The molecule has 190 valence electrons. The van der Waals surface area contributed by atoms with Crippen LogP contribution in [0.4, 0.5) is 0 Å². The summed E-state index contributed by atoms with van der Waals surface area (Å²) in [5.74, 6) is 0.639. The SMILES string of the molecule is c1ccc2cc(-c3nc(-n4c5cc6ccccc6cc5c5ccc6ccccc6c54)nc4cccnc34)ccc2c1. The Bertz CT molecular complexity index is 2490. The number of aromatic nitrogens is 4. The van der Waals surface area contributed by atoms with E-state index in [0.29, 0.717) is 5.95 Å². The van der Waals surface area contributed by atoms with Gasteiger partial charge in [0.25, 0.3) is 0 Å². The fourth-order valence-corrected chi connectivity index (χ4v) is 6.26. The van der Waals surface area contributed by atoms with E-state index in [2.05, 4.69) is 120 Å². The predicted octanol–water partition coefficient (Wildman–Crippen LogP) is 9.25. The summed E-state index contributed by atoms with van der Waals surface area (Å²) in [5, 5.41) is 9.50. The first-order valence-corrected chi connectivity index (χ1v) is 13.8. The van der Waals surface area contributed by atoms with E-state index < -0.39 is 0 Å². The highest BCUT2D eigenvalue weighted by molar-refractivity contribution is 6.20. The summed E-state index contributed by atoms with van der Waals surface area (Å²) in [6, 6.07) is 45.0. The van der Waals surface area contributed by atoms with Crippen molar-refractivity contribution in [1.82, 2.24) is 19.5 Å². The van der Waals surface area contributed by atoms with Crippen LogP contribution in [0.15, 0.2) is 134 Å². The molecular formula is C37H22N4. The molecular weight excluding hydrogens is 500 g/mol. The molecule has 3 heterocycles. The van der Waals surface area contributed by atoms with Crippen molar-refractivity contribution in [3.63, 3.8) is 0 Å². The van der Waals surface area contributed by atoms with Crippen molar-refractivity contribution < 1.29 is 0 Å². The zero-order valence-corrected chi connectivity index (χ0v) is 22.0. The molecule has 0 fully saturated rings. The minimum absolute atomic E-state index is 0.639. The number of hydrogen-bond donors (Lipinski definition) is 0. The van der Waals surface area contributed by atoms with Crippen LogP contribution >= 0.6 is 0 Å². The first-order valence-electron chi connectivity index (χ1n) is 13.8. The topological polar surface area (TPSA) is 43.6 Å². The van der Waals surface area contributed by atoms with Crippen molar-refractivity contribution in [2.45, 2.75) is 0 Å². The molecule has 3 aromatic heterocycles. The maximum absolute atomic E-state index is 5.30. The number of hydrogen-bond acceptors (Lipinski definition) is 3. The van der Waals surface area contributed by atoms with Crippen molar-refractivity contribution in [3.8, 4) is 17.2 Å². The van der Waals surface area contributed by atoms with Crippen LogP contribution in [0.25, 0.3) is 82.4 Å². The van der Waals surface area contributed by atoms with E-state index >= 15 is 0 Å². The largest absolute Gasteiger partial charge is 0.277 e. The molecule has 9 aromatic rings. The summed E-state index contributed by atoms with van der Waals surface area (Å²) in [6.45, 7) is 0. The van der Waals surface area contributed by atoms with Gasteiger partial charge in [-0.15, -0.1) is 0 Å². The first kappa shape index (κ1) is 22.2. The molecule has 0 bridgehead atoms. The Labute approximate surface area is 235 Å². The fourth-order valence-electron chi connectivity index (χ4n) is 6.26. The Hall–Kier alpha value is -5.61. The fraction of sp³-hybridized carbons (Fsp3) is 0. The third kappa shape index (κ3) is 3.31. The molecule has 0 aliphatic carbocycles. The molecule has 0 unspecified atom stereocenters. The van der Waals surface area contributed by atoms with E-state index in [0.717, 1.165) is 33.3 Å². The lowest BCUT2D eigenvalue weighted by Crippen LogP contribution is -2.04. The molecule has 6 aromatic carbocycles. The number of benzene rings is 6. The average molecular weight is 523 g/mol. The minimum Gasteiger partial charge on any atom is -0.277 e. The molecule has 41 heavy (non-hydrogen) atoms. The van der Waals surface area contributed by atoms with Gasteiger partial charge in [0.2, 0.25) is 5.95 Å². The second-order valence-corrected chi connectivity index (χ2v) is 10.5. The zero-order valence-electron chi connectivity index (χ0n) is 22.0. The number of rotatable bonds is 2. The van der Waals surface area contributed by atoms with Crippen molar-refractivity contribution in [3.05, 3.63) is 134 Å². The standard InChI is InChI=1S/C37H22N4/c1-2-10-25-20-28(16-15-23(25)8-1)34-35-32(14-7-19-38-35)39-37(40-34)41-33-22-27-12-4-3-11-26(27)21-31(33)30-18-17-24-9-5-6-13-29(24)36(30)41/h1-22H. The summed E-state index contributed by atoms with van der Waals surface area (Å²) < 4.78 is 2.25. The summed E-state index contributed by atoms with van der Waals surface area (Å²) in [4.78, 5) is 15.2. The van der Waals surface area contributed by atoms with Crippen molar-refractivity contribution in [2.24, 2.45) is 0 Å². The quantitative estimate of drug-likeness (QED) is 0.227.